The van der Waals surface area contributed by atoms with E-state index in [1.807, 2.05) is 0 Å². The molecule has 0 radical (unpaired) electrons. The molecule has 1 aliphatic rings. The van der Waals surface area contributed by atoms with Gasteiger partial charge in [0.05, 0.1) is 12.2 Å². The smallest absolute Gasteiger partial charge is 0.144 e. The lowest BCUT2D eigenvalue weighted by molar-refractivity contribution is 0.307. The Balaban J connectivity index is 2.47. The van der Waals surface area contributed by atoms with Crippen molar-refractivity contribution in [2.24, 2.45) is 5.84 Å². The molecule has 1 aliphatic heterocycles. The molecule has 0 aromatic heterocycles. The quantitative estimate of drug-likeness (QED) is 0.585. The van der Waals surface area contributed by atoms with Gasteiger partial charge in [-0.25, -0.2) is 10.2 Å². The molecule has 12 heavy (non-hydrogen) atoms. The second-order valence-corrected chi connectivity index (χ2v) is 2.65. The van der Waals surface area contributed by atoms with Gasteiger partial charge in [0, 0.05) is 6.07 Å². The maximum absolute atomic E-state index is 12.7. The van der Waals surface area contributed by atoms with Gasteiger partial charge >= 0.3 is 0 Å². The van der Waals surface area contributed by atoms with E-state index in [-0.39, 0.29) is 5.82 Å². The largest absolute Gasteiger partial charge is 0.489 e. The molecule has 2 rings (SSSR count). The van der Waals surface area contributed by atoms with Crippen LogP contribution in [0.5, 0.6) is 5.75 Å². The van der Waals surface area contributed by atoms with E-state index in [9.17, 15) is 4.39 Å². The fourth-order valence-corrected chi connectivity index (χ4v) is 1.21. The fourth-order valence-electron chi connectivity index (χ4n) is 1.21. The van der Waals surface area contributed by atoms with Crippen molar-refractivity contribution in [1.82, 2.24) is 0 Å². The van der Waals surface area contributed by atoms with Crippen LogP contribution in [0.3, 0.4) is 0 Å². The van der Waals surface area contributed by atoms with E-state index in [4.69, 9.17) is 10.6 Å². The highest BCUT2D eigenvalue weighted by molar-refractivity contribution is 5.58. The number of benzene rings is 1. The Kier molecular flexibility index (Phi) is 1.62. The molecule has 0 spiro atoms. The molecule has 0 fully saturated rings. The Morgan fingerprint density at radius 2 is 2.33 bits per heavy atom. The standard InChI is InChI=1S/C8H9FN2O/c9-6-1-2-8-7(5-6)11(10)3-4-12-8/h1-2,5H,3-4,10H2. The Morgan fingerprint density at radius 3 is 3.17 bits per heavy atom. The lowest BCUT2D eigenvalue weighted by Crippen LogP contribution is -2.38. The summed E-state index contributed by atoms with van der Waals surface area (Å²) in [5.41, 5.74) is 0.612. The maximum atomic E-state index is 12.7. The monoisotopic (exact) mass is 168 g/mol. The van der Waals surface area contributed by atoms with Crippen molar-refractivity contribution in [2.45, 2.75) is 0 Å². The van der Waals surface area contributed by atoms with Crippen LogP contribution in [0.4, 0.5) is 10.1 Å². The van der Waals surface area contributed by atoms with Gasteiger partial charge in [-0.15, -0.1) is 0 Å². The molecule has 0 saturated heterocycles. The lowest BCUT2D eigenvalue weighted by atomic mass is 10.2. The van der Waals surface area contributed by atoms with Crippen molar-refractivity contribution in [2.75, 3.05) is 18.2 Å². The normalized spacial score (nSPS) is 15.3. The minimum absolute atomic E-state index is 0.297. The van der Waals surface area contributed by atoms with E-state index in [0.717, 1.165) is 0 Å². The third-order valence-corrected chi connectivity index (χ3v) is 1.82. The van der Waals surface area contributed by atoms with E-state index >= 15 is 0 Å². The number of hydrogen-bond donors (Lipinski definition) is 1. The third kappa shape index (κ3) is 1.10. The SMILES string of the molecule is NN1CCOc2ccc(F)cc21. The van der Waals surface area contributed by atoms with Crippen LogP contribution in [0.15, 0.2) is 18.2 Å². The molecule has 0 atom stereocenters. The predicted molar refractivity (Wildman–Crippen MR) is 43.4 cm³/mol. The zero-order valence-corrected chi connectivity index (χ0v) is 6.46. The van der Waals surface area contributed by atoms with E-state index < -0.39 is 0 Å². The number of hydrogen-bond acceptors (Lipinski definition) is 3. The van der Waals surface area contributed by atoms with Crippen LogP contribution in [0.2, 0.25) is 0 Å². The van der Waals surface area contributed by atoms with Crippen molar-refractivity contribution in [1.29, 1.82) is 0 Å². The first kappa shape index (κ1) is 7.36. The minimum atomic E-state index is -0.297. The average Bonchev–Trinajstić information content (AvgIpc) is 2.07. The van der Waals surface area contributed by atoms with E-state index in [2.05, 4.69) is 0 Å². The first-order valence-corrected chi connectivity index (χ1v) is 3.72. The summed E-state index contributed by atoms with van der Waals surface area (Å²) in [5.74, 6) is 5.95. The molecule has 64 valence electrons. The molecule has 0 amide bonds. The summed E-state index contributed by atoms with van der Waals surface area (Å²) in [5, 5.41) is 1.49. The van der Waals surface area contributed by atoms with Crippen LogP contribution in [-0.4, -0.2) is 13.2 Å². The summed E-state index contributed by atoms with van der Waals surface area (Å²) in [6.07, 6.45) is 0. The molecule has 0 aliphatic carbocycles. The minimum Gasteiger partial charge on any atom is -0.489 e. The third-order valence-electron chi connectivity index (χ3n) is 1.82. The fraction of sp³-hybridized carbons (Fsp3) is 0.250. The van der Waals surface area contributed by atoms with Gasteiger partial charge in [-0.3, -0.25) is 0 Å². The Hall–Kier alpha value is -1.29. The number of hydrazine groups is 1. The van der Waals surface area contributed by atoms with Crippen LogP contribution >= 0.6 is 0 Å². The number of rotatable bonds is 0. The molecule has 1 aromatic carbocycles. The van der Waals surface area contributed by atoms with Crippen molar-refractivity contribution < 1.29 is 9.13 Å². The van der Waals surface area contributed by atoms with Gasteiger partial charge in [-0.2, -0.15) is 0 Å². The van der Waals surface area contributed by atoms with E-state index in [1.54, 1.807) is 6.07 Å². The zero-order chi connectivity index (χ0) is 8.55. The zero-order valence-electron chi connectivity index (χ0n) is 6.46. The van der Waals surface area contributed by atoms with Crippen molar-refractivity contribution >= 4 is 5.69 Å². The highest BCUT2D eigenvalue weighted by Gasteiger charge is 2.15. The van der Waals surface area contributed by atoms with Gasteiger partial charge in [-0.1, -0.05) is 0 Å². The second kappa shape index (κ2) is 2.64. The van der Waals surface area contributed by atoms with Gasteiger partial charge < -0.3 is 9.75 Å². The number of nitrogens with two attached hydrogens (primary N) is 1. The highest BCUT2D eigenvalue weighted by Crippen LogP contribution is 2.29. The Bertz CT molecular complexity index is 303. The molecule has 0 bridgehead atoms. The summed E-state index contributed by atoms with van der Waals surface area (Å²) >= 11 is 0. The van der Waals surface area contributed by atoms with Gasteiger partial charge in [0.2, 0.25) is 0 Å². The topological polar surface area (TPSA) is 38.5 Å². The average molecular weight is 168 g/mol. The summed E-state index contributed by atoms with van der Waals surface area (Å²) in [6.45, 7) is 1.14. The maximum Gasteiger partial charge on any atom is 0.144 e. The summed E-state index contributed by atoms with van der Waals surface area (Å²) in [4.78, 5) is 0. The Labute approximate surface area is 69.5 Å². The molecule has 3 nitrogen and oxygen atoms in total. The molecular weight excluding hydrogens is 159 g/mol. The van der Waals surface area contributed by atoms with Crippen molar-refractivity contribution in [3.05, 3.63) is 24.0 Å². The molecule has 0 saturated carbocycles. The van der Waals surface area contributed by atoms with Crippen molar-refractivity contribution in [3.63, 3.8) is 0 Å². The van der Waals surface area contributed by atoms with Gasteiger partial charge in [-0.05, 0) is 12.1 Å². The Morgan fingerprint density at radius 1 is 1.50 bits per heavy atom. The molecule has 1 heterocycles. The van der Waals surface area contributed by atoms with Crippen LogP contribution in [-0.2, 0) is 0 Å². The number of anilines is 1. The van der Waals surface area contributed by atoms with Gasteiger partial charge in [0.15, 0.2) is 0 Å². The molecule has 0 unspecified atom stereocenters. The number of halogens is 1. The van der Waals surface area contributed by atoms with E-state index in [1.165, 1.54) is 17.1 Å². The molecular formula is C8H9FN2O. The van der Waals surface area contributed by atoms with Crippen molar-refractivity contribution in [3.8, 4) is 5.75 Å². The lowest BCUT2D eigenvalue weighted by Gasteiger charge is -2.26. The van der Waals surface area contributed by atoms with Gasteiger partial charge in [0.25, 0.3) is 0 Å². The summed E-state index contributed by atoms with van der Waals surface area (Å²) < 4.78 is 18.0. The van der Waals surface area contributed by atoms with Crippen LogP contribution in [0.1, 0.15) is 0 Å². The van der Waals surface area contributed by atoms with Gasteiger partial charge in [0.1, 0.15) is 18.2 Å². The molecule has 1 aromatic rings. The number of ether oxygens (including phenoxy) is 1. The second-order valence-electron chi connectivity index (χ2n) is 2.65. The number of nitrogens with zero attached hydrogens (tertiary/aromatic N) is 1. The first-order valence-electron chi connectivity index (χ1n) is 3.72. The first-order chi connectivity index (χ1) is 5.77. The van der Waals surface area contributed by atoms with E-state index in [0.29, 0.717) is 24.6 Å². The number of fused-ring (bicyclic) bond motifs is 1. The summed E-state index contributed by atoms with van der Waals surface area (Å²) in [7, 11) is 0. The van der Waals surface area contributed by atoms with Crippen LogP contribution in [0, 0.1) is 5.82 Å². The molecule has 2 N–H and O–H groups in total. The van der Waals surface area contributed by atoms with Crippen LogP contribution < -0.4 is 15.6 Å². The predicted octanol–water partition coefficient (Wildman–Crippen LogP) is 0.898. The molecule has 4 heteroatoms. The summed E-state index contributed by atoms with van der Waals surface area (Å²) in [6, 6.07) is 4.32. The van der Waals surface area contributed by atoms with Crippen LogP contribution in [0.25, 0.3) is 0 Å². The highest BCUT2D eigenvalue weighted by atomic mass is 19.1.